The summed E-state index contributed by atoms with van der Waals surface area (Å²) >= 11 is 0. The van der Waals surface area contributed by atoms with Crippen LogP contribution in [0.5, 0.6) is 0 Å². The fourth-order valence-corrected chi connectivity index (χ4v) is 2.69. The quantitative estimate of drug-likeness (QED) is 0.330. The van der Waals surface area contributed by atoms with Crippen LogP contribution in [-0.4, -0.2) is 35.3 Å². The Labute approximate surface area is 170 Å². The Bertz CT molecular complexity index is 703. The number of ether oxygens (including phenoxy) is 1. The van der Waals surface area contributed by atoms with Crippen molar-refractivity contribution in [2.75, 3.05) is 0 Å². The van der Waals surface area contributed by atoms with Crippen molar-refractivity contribution in [3.05, 3.63) is 39.9 Å². The molecule has 0 unspecified atom stereocenters. The zero-order valence-electron chi connectivity index (χ0n) is 17.2. The number of non-ortho nitro benzene ring substituents is 1. The Morgan fingerprint density at radius 2 is 1.66 bits per heavy atom. The highest BCUT2D eigenvalue weighted by Crippen LogP contribution is 2.13. The molecule has 0 aliphatic rings. The number of hydrogen-bond donors (Lipinski definition) is 2. The number of nitrogens with zero attached hydrogens (tertiary/aromatic N) is 1. The zero-order valence-corrected chi connectivity index (χ0v) is 17.2. The van der Waals surface area contributed by atoms with E-state index in [2.05, 4.69) is 10.6 Å². The average Bonchev–Trinajstić information content (AvgIpc) is 2.64. The topological polar surface area (TPSA) is 128 Å². The summed E-state index contributed by atoms with van der Waals surface area (Å²) in [4.78, 5) is 46.0. The maximum Gasteiger partial charge on any atom is 0.408 e. The molecule has 0 aliphatic heterocycles. The van der Waals surface area contributed by atoms with Gasteiger partial charge in [0.15, 0.2) is 0 Å². The third-order valence-corrected chi connectivity index (χ3v) is 4.05. The van der Waals surface area contributed by atoms with E-state index < -0.39 is 29.0 Å². The van der Waals surface area contributed by atoms with E-state index in [-0.39, 0.29) is 24.1 Å². The van der Waals surface area contributed by atoms with Crippen molar-refractivity contribution in [2.45, 2.75) is 59.2 Å². The monoisotopic (exact) mass is 407 g/mol. The molecule has 1 aromatic rings. The number of hydrogen-bond acceptors (Lipinski definition) is 6. The number of rotatable bonds is 11. The van der Waals surface area contributed by atoms with Crippen LogP contribution < -0.4 is 10.6 Å². The lowest BCUT2D eigenvalue weighted by Crippen LogP contribution is -2.50. The second-order valence-electron chi connectivity index (χ2n) is 7.71. The van der Waals surface area contributed by atoms with Gasteiger partial charge in [0, 0.05) is 12.1 Å². The number of aldehydes is 1. The number of nitrogens with one attached hydrogen (secondary N) is 2. The molecule has 1 aromatic carbocycles. The first kappa shape index (κ1) is 24.1. The summed E-state index contributed by atoms with van der Waals surface area (Å²) in [7, 11) is 0. The normalized spacial score (nSPS) is 12.9. The highest BCUT2D eigenvalue weighted by Gasteiger charge is 2.25. The van der Waals surface area contributed by atoms with Gasteiger partial charge in [-0.3, -0.25) is 14.9 Å². The summed E-state index contributed by atoms with van der Waals surface area (Å²) in [5.74, 6) is -0.0853. The predicted octanol–water partition coefficient (Wildman–Crippen LogP) is 2.97. The molecule has 2 N–H and O–H groups in total. The lowest BCUT2D eigenvalue weighted by atomic mass is 10.0. The minimum atomic E-state index is -0.839. The largest absolute Gasteiger partial charge is 0.445 e. The molecule has 9 nitrogen and oxygen atoms in total. The Hall–Kier alpha value is -2.97. The SMILES string of the molecule is CC(C)C[C@@H](C=O)NC(=O)[C@H](CC(C)C)NC(=O)OCc1ccc([N+](=O)[O-])cc1. The van der Waals surface area contributed by atoms with Gasteiger partial charge < -0.3 is 20.2 Å². The van der Waals surface area contributed by atoms with Gasteiger partial charge in [-0.05, 0) is 42.4 Å². The van der Waals surface area contributed by atoms with E-state index in [1.165, 1.54) is 24.3 Å². The van der Waals surface area contributed by atoms with Crippen molar-refractivity contribution in [3.63, 3.8) is 0 Å². The third kappa shape index (κ3) is 9.18. The molecule has 0 aliphatic carbocycles. The molecule has 160 valence electrons. The average molecular weight is 407 g/mol. The van der Waals surface area contributed by atoms with Crippen molar-refractivity contribution in [1.82, 2.24) is 10.6 Å². The summed E-state index contributed by atoms with van der Waals surface area (Å²) in [5.41, 5.74) is 0.520. The van der Waals surface area contributed by atoms with Gasteiger partial charge in [-0.2, -0.15) is 0 Å². The first-order valence-electron chi connectivity index (χ1n) is 9.54. The molecule has 0 saturated carbocycles. The Morgan fingerprint density at radius 3 is 2.14 bits per heavy atom. The van der Waals surface area contributed by atoms with Gasteiger partial charge in [-0.1, -0.05) is 27.7 Å². The highest BCUT2D eigenvalue weighted by molar-refractivity contribution is 5.87. The molecule has 29 heavy (non-hydrogen) atoms. The van der Waals surface area contributed by atoms with Crippen molar-refractivity contribution >= 4 is 24.0 Å². The number of carbonyl (C=O) groups is 3. The van der Waals surface area contributed by atoms with E-state index in [0.29, 0.717) is 24.7 Å². The van der Waals surface area contributed by atoms with Crippen molar-refractivity contribution in [1.29, 1.82) is 0 Å². The Kier molecular flexibility index (Phi) is 9.78. The van der Waals surface area contributed by atoms with Gasteiger partial charge in [0.1, 0.15) is 18.9 Å². The molecule has 2 amide bonds. The molecule has 0 fully saturated rings. The second kappa shape index (κ2) is 11.8. The first-order valence-corrected chi connectivity index (χ1v) is 9.54. The summed E-state index contributed by atoms with van der Waals surface area (Å²) in [6.07, 6.45) is 0.799. The fraction of sp³-hybridized carbons (Fsp3) is 0.550. The third-order valence-electron chi connectivity index (χ3n) is 4.05. The molecular weight excluding hydrogens is 378 g/mol. The Balaban J connectivity index is 2.66. The van der Waals surface area contributed by atoms with Crippen LogP contribution in [0.4, 0.5) is 10.5 Å². The molecule has 9 heteroatoms. The smallest absolute Gasteiger partial charge is 0.408 e. The minimum Gasteiger partial charge on any atom is -0.445 e. The van der Waals surface area contributed by atoms with Gasteiger partial charge in [-0.25, -0.2) is 4.79 Å². The molecule has 0 saturated heterocycles. The van der Waals surface area contributed by atoms with Crippen molar-refractivity contribution < 1.29 is 24.0 Å². The van der Waals surface area contributed by atoms with Gasteiger partial charge >= 0.3 is 6.09 Å². The summed E-state index contributed by atoms with van der Waals surface area (Å²) < 4.78 is 5.12. The van der Waals surface area contributed by atoms with Gasteiger partial charge in [0.25, 0.3) is 5.69 Å². The van der Waals surface area contributed by atoms with Crippen LogP contribution in [0.3, 0.4) is 0 Å². The number of carbonyl (C=O) groups excluding carboxylic acids is 3. The maximum absolute atomic E-state index is 12.5. The molecule has 2 atom stereocenters. The second-order valence-corrected chi connectivity index (χ2v) is 7.71. The number of benzene rings is 1. The molecule has 0 heterocycles. The molecule has 0 bridgehead atoms. The number of amides is 2. The van der Waals surface area contributed by atoms with Crippen LogP contribution in [0.1, 0.15) is 46.1 Å². The zero-order chi connectivity index (χ0) is 22.0. The fourth-order valence-electron chi connectivity index (χ4n) is 2.69. The summed E-state index contributed by atoms with van der Waals surface area (Å²) in [6.45, 7) is 7.62. The molecule has 1 rings (SSSR count). The van der Waals surface area contributed by atoms with Crippen LogP contribution in [-0.2, 0) is 20.9 Å². The van der Waals surface area contributed by atoms with Crippen LogP contribution >= 0.6 is 0 Å². The van der Waals surface area contributed by atoms with Gasteiger partial charge in [0.2, 0.25) is 5.91 Å². The van der Waals surface area contributed by atoms with Gasteiger partial charge in [0.05, 0.1) is 11.0 Å². The van der Waals surface area contributed by atoms with Gasteiger partial charge in [-0.15, -0.1) is 0 Å². The number of nitro groups is 1. The Morgan fingerprint density at radius 1 is 1.07 bits per heavy atom. The van der Waals surface area contributed by atoms with E-state index in [9.17, 15) is 24.5 Å². The number of alkyl carbamates (subject to hydrolysis) is 1. The summed E-state index contributed by atoms with van der Waals surface area (Å²) in [5, 5.41) is 15.9. The van der Waals surface area contributed by atoms with Crippen LogP contribution in [0.15, 0.2) is 24.3 Å². The van der Waals surface area contributed by atoms with E-state index in [1.807, 2.05) is 27.7 Å². The van der Waals surface area contributed by atoms with E-state index in [1.54, 1.807) is 0 Å². The molecule has 0 radical (unpaired) electrons. The predicted molar refractivity (Wildman–Crippen MR) is 107 cm³/mol. The minimum absolute atomic E-state index is 0.0574. The van der Waals surface area contributed by atoms with Crippen molar-refractivity contribution in [3.8, 4) is 0 Å². The standard InChI is InChI=1S/C20H29N3O6/c1-13(2)9-16(11-24)21-19(25)18(10-14(3)4)22-20(26)29-12-15-5-7-17(8-6-15)23(27)28/h5-8,11,13-14,16,18H,9-10,12H2,1-4H3,(H,21,25)(H,22,26)/t16-,18-/m0/s1. The van der Waals surface area contributed by atoms with Crippen LogP contribution in [0, 0.1) is 22.0 Å². The first-order chi connectivity index (χ1) is 13.6. The molecular formula is C20H29N3O6. The van der Waals surface area contributed by atoms with E-state index in [4.69, 9.17) is 4.74 Å². The van der Waals surface area contributed by atoms with Crippen molar-refractivity contribution in [2.24, 2.45) is 11.8 Å². The summed E-state index contributed by atoms with van der Waals surface area (Å²) in [6, 6.07) is 4.16. The lowest BCUT2D eigenvalue weighted by Gasteiger charge is -2.22. The molecule has 0 spiro atoms. The van der Waals surface area contributed by atoms with Crippen LogP contribution in [0.2, 0.25) is 0 Å². The van der Waals surface area contributed by atoms with E-state index >= 15 is 0 Å². The van der Waals surface area contributed by atoms with Crippen LogP contribution in [0.25, 0.3) is 0 Å². The van der Waals surface area contributed by atoms with E-state index in [0.717, 1.165) is 0 Å². The highest BCUT2D eigenvalue weighted by atomic mass is 16.6. The number of nitro benzene ring substituents is 1. The maximum atomic E-state index is 12.5. The lowest BCUT2D eigenvalue weighted by molar-refractivity contribution is -0.384. The molecule has 0 aromatic heterocycles.